The van der Waals surface area contributed by atoms with Crippen molar-refractivity contribution in [2.24, 2.45) is 0 Å². The highest BCUT2D eigenvalue weighted by molar-refractivity contribution is 9.10. The summed E-state index contributed by atoms with van der Waals surface area (Å²) in [4.78, 5) is 4.10. The Morgan fingerprint density at radius 2 is 2.19 bits per heavy atom. The van der Waals surface area contributed by atoms with Crippen molar-refractivity contribution in [3.63, 3.8) is 0 Å². The van der Waals surface area contributed by atoms with E-state index in [2.05, 4.69) is 26.1 Å². The van der Waals surface area contributed by atoms with Crippen LogP contribution in [0.15, 0.2) is 33.3 Å². The van der Waals surface area contributed by atoms with Crippen molar-refractivity contribution in [3.05, 3.63) is 46.0 Å². The number of nitrogens with zero attached hydrogens (tertiary/aromatic N) is 2. The molecule has 4 nitrogen and oxygen atoms in total. The molecule has 16 heavy (non-hydrogen) atoms. The summed E-state index contributed by atoms with van der Waals surface area (Å²) >= 11 is 3.45. The van der Waals surface area contributed by atoms with Gasteiger partial charge < -0.3 is 9.63 Å². The van der Waals surface area contributed by atoms with Crippen molar-refractivity contribution in [1.29, 1.82) is 0 Å². The van der Waals surface area contributed by atoms with Gasteiger partial charge in [0.2, 0.25) is 0 Å². The Bertz CT molecular complexity index is 482. The predicted molar refractivity (Wildman–Crippen MR) is 61.9 cm³/mol. The predicted octanol–water partition coefficient (Wildman–Crippen LogP) is 2.48. The van der Waals surface area contributed by atoms with Crippen LogP contribution in [0.5, 0.6) is 0 Å². The molecule has 0 aliphatic rings. The van der Waals surface area contributed by atoms with E-state index in [4.69, 9.17) is 4.52 Å². The molecule has 0 radical (unpaired) electrons. The number of rotatable bonds is 3. The molecule has 1 N–H and O–H groups in total. The second-order valence-electron chi connectivity index (χ2n) is 3.49. The normalized spacial score (nSPS) is 12.7. The summed E-state index contributed by atoms with van der Waals surface area (Å²) in [5.74, 6) is 0.824. The SMILES string of the molecule is C[C@H](O)c1nc(Cc2ccccc2Br)no1. The van der Waals surface area contributed by atoms with E-state index in [1.165, 1.54) is 0 Å². The summed E-state index contributed by atoms with van der Waals surface area (Å²) < 4.78 is 5.92. The van der Waals surface area contributed by atoms with Crippen LogP contribution in [0.4, 0.5) is 0 Å². The van der Waals surface area contributed by atoms with Crippen molar-refractivity contribution >= 4 is 15.9 Å². The van der Waals surface area contributed by atoms with Gasteiger partial charge in [-0.1, -0.05) is 39.3 Å². The van der Waals surface area contributed by atoms with Crippen LogP contribution in [0, 0.1) is 0 Å². The number of aromatic nitrogens is 2. The van der Waals surface area contributed by atoms with Gasteiger partial charge in [0.15, 0.2) is 5.82 Å². The minimum absolute atomic E-state index is 0.252. The molecule has 0 aliphatic heterocycles. The van der Waals surface area contributed by atoms with Gasteiger partial charge in [0.25, 0.3) is 5.89 Å². The van der Waals surface area contributed by atoms with E-state index < -0.39 is 6.10 Å². The van der Waals surface area contributed by atoms with E-state index >= 15 is 0 Å². The van der Waals surface area contributed by atoms with Gasteiger partial charge in [-0.15, -0.1) is 0 Å². The van der Waals surface area contributed by atoms with E-state index in [1.807, 2.05) is 24.3 Å². The Balaban J connectivity index is 2.18. The molecule has 5 heteroatoms. The average Bonchev–Trinajstić information content (AvgIpc) is 2.70. The smallest absolute Gasteiger partial charge is 0.255 e. The lowest BCUT2D eigenvalue weighted by Gasteiger charge is -1.99. The average molecular weight is 283 g/mol. The van der Waals surface area contributed by atoms with Crippen molar-refractivity contribution in [3.8, 4) is 0 Å². The number of aliphatic hydroxyl groups is 1. The van der Waals surface area contributed by atoms with Crippen LogP contribution in [-0.4, -0.2) is 15.2 Å². The Labute approximate surface area is 101 Å². The third kappa shape index (κ3) is 2.48. The number of benzene rings is 1. The monoisotopic (exact) mass is 282 g/mol. The van der Waals surface area contributed by atoms with E-state index in [-0.39, 0.29) is 5.89 Å². The van der Waals surface area contributed by atoms with E-state index in [0.717, 1.165) is 10.0 Å². The molecule has 0 bridgehead atoms. The summed E-state index contributed by atoms with van der Waals surface area (Å²) in [6.07, 6.45) is -0.141. The molecule has 0 saturated heterocycles. The fourth-order valence-electron chi connectivity index (χ4n) is 1.32. The highest BCUT2D eigenvalue weighted by atomic mass is 79.9. The highest BCUT2D eigenvalue weighted by Gasteiger charge is 2.12. The van der Waals surface area contributed by atoms with E-state index in [0.29, 0.717) is 12.2 Å². The minimum Gasteiger partial charge on any atom is -0.384 e. The standard InChI is InChI=1S/C11H11BrN2O2/c1-7(15)11-13-10(14-16-11)6-8-4-2-3-5-9(8)12/h2-5,7,15H,6H2,1H3/t7-/m0/s1. The van der Waals surface area contributed by atoms with Crippen LogP contribution in [-0.2, 0) is 6.42 Å². The Morgan fingerprint density at radius 3 is 2.81 bits per heavy atom. The molecule has 1 atom stereocenters. The Morgan fingerprint density at radius 1 is 1.44 bits per heavy atom. The minimum atomic E-state index is -0.722. The summed E-state index contributed by atoms with van der Waals surface area (Å²) in [5.41, 5.74) is 1.08. The van der Waals surface area contributed by atoms with Gasteiger partial charge in [-0.2, -0.15) is 4.98 Å². The molecule has 1 heterocycles. The van der Waals surface area contributed by atoms with Crippen molar-refractivity contribution in [1.82, 2.24) is 10.1 Å². The quantitative estimate of drug-likeness (QED) is 0.940. The van der Waals surface area contributed by atoms with Crippen LogP contribution in [0.3, 0.4) is 0 Å². The maximum Gasteiger partial charge on any atom is 0.255 e. The molecule has 1 aromatic heterocycles. The number of halogens is 1. The zero-order valence-electron chi connectivity index (χ0n) is 8.72. The summed E-state index contributed by atoms with van der Waals surface area (Å²) in [5, 5.41) is 13.1. The highest BCUT2D eigenvalue weighted by Crippen LogP contribution is 2.19. The molecular weight excluding hydrogens is 272 g/mol. The lowest BCUT2D eigenvalue weighted by atomic mass is 10.1. The van der Waals surface area contributed by atoms with Crippen LogP contribution >= 0.6 is 15.9 Å². The van der Waals surface area contributed by atoms with Crippen molar-refractivity contribution in [2.45, 2.75) is 19.4 Å². The molecule has 0 spiro atoms. The Hall–Kier alpha value is -1.20. The molecule has 2 aromatic rings. The summed E-state index contributed by atoms with van der Waals surface area (Å²) in [6, 6.07) is 7.86. The van der Waals surface area contributed by atoms with Crippen molar-refractivity contribution < 1.29 is 9.63 Å². The van der Waals surface area contributed by atoms with Gasteiger partial charge in [0, 0.05) is 10.9 Å². The first kappa shape index (κ1) is 11.3. The van der Waals surface area contributed by atoms with Gasteiger partial charge in [0.05, 0.1) is 0 Å². The maximum atomic E-state index is 9.25. The lowest BCUT2D eigenvalue weighted by molar-refractivity contribution is 0.151. The molecule has 1 aromatic carbocycles. The van der Waals surface area contributed by atoms with Gasteiger partial charge in [0.1, 0.15) is 6.10 Å². The number of aliphatic hydroxyl groups excluding tert-OH is 1. The molecule has 84 valence electrons. The zero-order valence-corrected chi connectivity index (χ0v) is 10.3. The zero-order chi connectivity index (χ0) is 11.5. The number of hydrogen-bond donors (Lipinski definition) is 1. The summed E-state index contributed by atoms with van der Waals surface area (Å²) in [7, 11) is 0. The van der Waals surface area contributed by atoms with E-state index in [1.54, 1.807) is 6.92 Å². The molecule has 0 amide bonds. The fourth-order valence-corrected chi connectivity index (χ4v) is 1.75. The molecule has 0 unspecified atom stereocenters. The van der Waals surface area contributed by atoms with Crippen molar-refractivity contribution in [2.75, 3.05) is 0 Å². The van der Waals surface area contributed by atoms with Crippen LogP contribution in [0.2, 0.25) is 0 Å². The largest absolute Gasteiger partial charge is 0.384 e. The lowest BCUT2D eigenvalue weighted by Crippen LogP contribution is -1.94. The van der Waals surface area contributed by atoms with Crippen LogP contribution in [0.25, 0.3) is 0 Å². The molecule has 0 aliphatic carbocycles. The molecule has 0 saturated carbocycles. The first-order valence-electron chi connectivity index (χ1n) is 4.91. The topological polar surface area (TPSA) is 59.2 Å². The van der Waals surface area contributed by atoms with Crippen LogP contribution in [0.1, 0.15) is 30.3 Å². The van der Waals surface area contributed by atoms with E-state index in [9.17, 15) is 5.11 Å². The van der Waals surface area contributed by atoms with Crippen LogP contribution < -0.4 is 0 Å². The molecule has 0 fully saturated rings. The van der Waals surface area contributed by atoms with Gasteiger partial charge in [-0.25, -0.2) is 0 Å². The Kier molecular flexibility index (Phi) is 3.36. The molecule has 2 rings (SSSR count). The molecular formula is C11H11BrN2O2. The van der Waals surface area contributed by atoms with Gasteiger partial charge in [-0.3, -0.25) is 0 Å². The summed E-state index contributed by atoms with van der Waals surface area (Å²) in [6.45, 7) is 1.59. The fraction of sp³-hybridized carbons (Fsp3) is 0.273. The first-order chi connectivity index (χ1) is 7.66. The third-order valence-electron chi connectivity index (χ3n) is 2.15. The number of hydrogen-bond acceptors (Lipinski definition) is 4. The first-order valence-corrected chi connectivity index (χ1v) is 5.70. The van der Waals surface area contributed by atoms with Gasteiger partial charge >= 0.3 is 0 Å². The van der Waals surface area contributed by atoms with Gasteiger partial charge in [-0.05, 0) is 18.6 Å². The second-order valence-corrected chi connectivity index (χ2v) is 4.35. The maximum absolute atomic E-state index is 9.25. The second kappa shape index (κ2) is 4.76. The third-order valence-corrected chi connectivity index (χ3v) is 2.92.